The Morgan fingerprint density at radius 1 is 1.14 bits per heavy atom. The number of benzene rings is 2. The van der Waals surface area contributed by atoms with Crippen LogP contribution < -0.4 is 9.80 Å². The first-order valence-electron chi connectivity index (χ1n) is 10.8. The van der Waals surface area contributed by atoms with Crippen LogP contribution in [0.1, 0.15) is 23.5 Å². The van der Waals surface area contributed by atoms with Gasteiger partial charge >= 0.3 is 0 Å². The van der Waals surface area contributed by atoms with Crippen LogP contribution in [0.2, 0.25) is 0 Å². The van der Waals surface area contributed by atoms with Crippen LogP contribution in [-0.2, 0) is 6.42 Å². The van der Waals surface area contributed by atoms with Gasteiger partial charge in [0.25, 0.3) is 0 Å². The highest BCUT2D eigenvalue weighted by atomic mass is 19.1. The van der Waals surface area contributed by atoms with E-state index in [-0.39, 0.29) is 5.82 Å². The summed E-state index contributed by atoms with van der Waals surface area (Å²) in [5.74, 6) is 0.432. The van der Waals surface area contributed by atoms with E-state index in [1.54, 1.807) is 17.7 Å². The molecule has 0 bridgehead atoms. The Balaban J connectivity index is 1.21. The van der Waals surface area contributed by atoms with Crippen molar-refractivity contribution in [1.82, 2.24) is 9.88 Å². The molecule has 1 N–H and O–H groups in total. The van der Waals surface area contributed by atoms with Crippen molar-refractivity contribution in [2.45, 2.75) is 24.8 Å². The molecule has 3 aromatic rings. The van der Waals surface area contributed by atoms with Gasteiger partial charge in [-0.3, -0.25) is 0 Å². The number of H-pyrrole nitrogens is 1. The second-order valence-corrected chi connectivity index (χ2v) is 8.85. The molecule has 1 saturated heterocycles. The van der Waals surface area contributed by atoms with Crippen LogP contribution in [0.25, 0.3) is 10.9 Å². The second-order valence-electron chi connectivity index (χ2n) is 8.85. The molecule has 29 heavy (non-hydrogen) atoms. The summed E-state index contributed by atoms with van der Waals surface area (Å²) in [6.45, 7) is 5.62. The normalized spacial score (nSPS) is 23.5. The molecule has 0 saturated carbocycles. The molecule has 1 aromatic heterocycles. The third-order valence-electron chi connectivity index (χ3n) is 7.31. The Hall–Kier alpha value is -2.53. The Kier molecular flexibility index (Phi) is 3.88. The number of aromatic amines is 1. The zero-order chi connectivity index (χ0) is 19.5. The lowest BCUT2D eigenvalue weighted by Gasteiger charge is -2.41. The summed E-state index contributed by atoms with van der Waals surface area (Å²) in [5.41, 5.74) is 6.63. The number of likely N-dealkylation sites (N-methyl/N-ethyl adjacent to an activating group) is 1. The van der Waals surface area contributed by atoms with Crippen LogP contribution in [0.3, 0.4) is 0 Å². The number of halogens is 1. The molecule has 2 atom stereocenters. The van der Waals surface area contributed by atoms with Crippen LogP contribution in [0.15, 0.2) is 42.6 Å². The number of para-hydroxylation sites is 1. The average Bonchev–Trinajstić information content (AvgIpc) is 3.28. The second kappa shape index (κ2) is 6.49. The topological polar surface area (TPSA) is 25.5 Å². The molecule has 4 nitrogen and oxygen atoms in total. The summed E-state index contributed by atoms with van der Waals surface area (Å²) < 4.78 is 13.5. The highest BCUT2D eigenvalue weighted by Gasteiger charge is 2.44. The lowest BCUT2D eigenvalue weighted by Crippen LogP contribution is -2.49. The average molecular weight is 391 g/mol. The number of aromatic nitrogens is 1. The number of nitrogens with one attached hydrogen (secondary N) is 1. The van der Waals surface area contributed by atoms with Crippen LogP contribution in [0.4, 0.5) is 15.8 Å². The molecule has 0 spiro atoms. The number of rotatable bonds is 3. The Bertz CT molecular complexity index is 1070. The van der Waals surface area contributed by atoms with Gasteiger partial charge in [0.2, 0.25) is 0 Å². The number of nitrogens with zero attached hydrogens (tertiary/aromatic N) is 3. The van der Waals surface area contributed by atoms with Crippen LogP contribution in [0.5, 0.6) is 0 Å². The standard InChI is InChI=1S/C24H27FN4/c1-27-11-12-29-22-8-10-28(15-20(22)19-3-2-4-23(27)24(19)29)9-7-16-14-26-21-13-17(25)5-6-18(16)21/h2-6,13-14,20,22,26H,7-12,15H2,1H3/t20-,22-/m0/s1. The van der Waals surface area contributed by atoms with Crippen molar-refractivity contribution in [2.75, 3.05) is 49.6 Å². The molecule has 1 fully saturated rings. The molecule has 3 aliphatic rings. The maximum Gasteiger partial charge on any atom is 0.125 e. The maximum atomic E-state index is 13.5. The van der Waals surface area contributed by atoms with Crippen molar-refractivity contribution in [2.24, 2.45) is 0 Å². The van der Waals surface area contributed by atoms with E-state index in [1.165, 1.54) is 23.4 Å². The molecule has 0 aliphatic carbocycles. The molecule has 0 unspecified atom stereocenters. The van der Waals surface area contributed by atoms with E-state index in [4.69, 9.17) is 0 Å². The predicted octanol–water partition coefficient (Wildman–Crippen LogP) is 3.98. The summed E-state index contributed by atoms with van der Waals surface area (Å²) >= 11 is 0. The number of piperidine rings is 1. The van der Waals surface area contributed by atoms with Gasteiger partial charge in [-0.05, 0) is 48.2 Å². The Morgan fingerprint density at radius 2 is 2.07 bits per heavy atom. The van der Waals surface area contributed by atoms with Crippen LogP contribution in [0, 0.1) is 5.82 Å². The molecular formula is C24H27FN4. The van der Waals surface area contributed by atoms with Gasteiger partial charge in [0.1, 0.15) is 5.82 Å². The fourth-order valence-electron chi connectivity index (χ4n) is 5.82. The molecule has 4 heterocycles. The maximum absolute atomic E-state index is 13.5. The minimum absolute atomic E-state index is 0.181. The third-order valence-corrected chi connectivity index (χ3v) is 7.31. The molecule has 5 heteroatoms. The van der Waals surface area contributed by atoms with Crippen molar-refractivity contribution in [3.05, 3.63) is 59.5 Å². The minimum Gasteiger partial charge on any atom is -0.371 e. The van der Waals surface area contributed by atoms with Gasteiger partial charge in [0.15, 0.2) is 0 Å². The smallest absolute Gasteiger partial charge is 0.125 e. The van der Waals surface area contributed by atoms with E-state index in [1.807, 2.05) is 12.3 Å². The fourth-order valence-corrected chi connectivity index (χ4v) is 5.82. The first-order valence-corrected chi connectivity index (χ1v) is 10.8. The number of likely N-dealkylation sites (tertiary alicyclic amines) is 1. The van der Waals surface area contributed by atoms with Crippen molar-refractivity contribution in [1.29, 1.82) is 0 Å². The first kappa shape index (κ1) is 17.3. The summed E-state index contributed by atoms with van der Waals surface area (Å²) in [6, 6.07) is 12.6. The largest absolute Gasteiger partial charge is 0.371 e. The van der Waals surface area contributed by atoms with Gasteiger partial charge < -0.3 is 19.7 Å². The third kappa shape index (κ3) is 2.67. The van der Waals surface area contributed by atoms with Crippen LogP contribution >= 0.6 is 0 Å². The van der Waals surface area contributed by atoms with E-state index in [0.717, 1.165) is 50.0 Å². The van der Waals surface area contributed by atoms with Gasteiger partial charge in [0.05, 0.1) is 11.4 Å². The summed E-state index contributed by atoms with van der Waals surface area (Å²) in [4.78, 5) is 11.0. The number of hydrogen-bond donors (Lipinski definition) is 1. The monoisotopic (exact) mass is 390 g/mol. The number of fused-ring (bicyclic) bond motifs is 4. The summed E-state index contributed by atoms with van der Waals surface area (Å²) in [5, 5.41) is 1.15. The zero-order valence-corrected chi connectivity index (χ0v) is 16.9. The number of hydrogen-bond acceptors (Lipinski definition) is 3. The van der Waals surface area contributed by atoms with E-state index >= 15 is 0 Å². The van der Waals surface area contributed by atoms with E-state index < -0.39 is 0 Å². The van der Waals surface area contributed by atoms with Gasteiger partial charge in [-0.15, -0.1) is 0 Å². The lowest BCUT2D eigenvalue weighted by atomic mass is 9.89. The molecule has 150 valence electrons. The van der Waals surface area contributed by atoms with Crippen molar-refractivity contribution < 1.29 is 4.39 Å². The Labute approximate surface area is 170 Å². The molecule has 0 radical (unpaired) electrons. The molecule has 6 rings (SSSR count). The first-order chi connectivity index (χ1) is 14.2. The molecule has 2 aromatic carbocycles. The molecular weight excluding hydrogens is 363 g/mol. The quantitative estimate of drug-likeness (QED) is 0.733. The van der Waals surface area contributed by atoms with Crippen molar-refractivity contribution in [3.63, 3.8) is 0 Å². The SMILES string of the molecule is CN1CCN2c3c(cccc31)[C@@H]1CN(CCc3c[nH]c4cc(F)ccc34)CC[C@@H]12. The number of anilines is 2. The zero-order valence-electron chi connectivity index (χ0n) is 16.9. The van der Waals surface area contributed by atoms with Gasteiger partial charge in [-0.1, -0.05) is 12.1 Å². The highest BCUT2D eigenvalue weighted by molar-refractivity contribution is 5.83. The Morgan fingerprint density at radius 3 is 3.00 bits per heavy atom. The highest BCUT2D eigenvalue weighted by Crippen LogP contribution is 2.50. The van der Waals surface area contributed by atoms with Crippen molar-refractivity contribution in [3.8, 4) is 0 Å². The minimum atomic E-state index is -0.181. The van der Waals surface area contributed by atoms with Gasteiger partial charge in [0, 0.05) is 68.8 Å². The van der Waals surface area contributed by atoms with E-state index in [2.05, 4.69) is 44.9 Å². The molecule has 0 amide bonds. The summed E-state index contributed by atoms with van der Waals surface area (Å²) in [6.07, 6.45) is 4.29. The van der Waals surface area contributed by atoms with E-state index in [9.17, 15) is 4.39 Å². The van der Waals surface area contributed by atoms with Crippen LogP contribution in [-0.4, -0.2) is 55.7 Å². The fraction of sp³-hybridized carbons (Fsp3) is 0.417. The predicted molar refractivity (Wildman–Crippen MR) is 117 cm³/mol. The lowest BCUT2D eigenvalue weighted by molar-refractivity contribution is 0.195. The summed E-state index contributed by atoms with van der Waals surface area (Å²) in [7, 11) is 2.22. The van der Waals surface area contributed by atoms with Gasteiger partial charge in [-0.25, -0.2) is 4.39 Å². The van der Waals surface area contributed by atoms with E-state index in [0.29, 0.717) is 12.0 Å². The van der Waals surface area contributed by atoms with Crippen molar-refractivity contribution >= 4 is 22.3 Å². The molecule has 3 aliphatic heterocycles. The van der Waals surface area contributed by atoms with Gasteiger partial charge in [-0.2, -0.15) is 0 Å².